The molecule has 28 heavy (non-hydrogen) atoms. The molecule has 8 nitrogen and oxygen atoms in total. The van der Waals surface area contributed by atoms with E-state index in [-0.39, 0.29) is 11.9 Å². The molecule has 1 heterocycles. The van der Waals surface area contributed by atoms with Crippen LogP contribution in [0.2, 0.25) is 0 Å². The monoisotopic (exact) mass is 398 g/mol. The third-order valence-electron chi connectivity index (χ3n) is 3.85. The van der Waals surface area contributed by atoms with E-state index in [1.54, 1.807) is 31.2 Å². The van der Waals surface area contributed by atoms with Crippen LogP contribution in [0.5, 0.6) is 17.2 Å². The van der Waals surface area contributed by atoms with E-state index < -0.39 is 12.0 Å². The van der Waals surface area contributed by atoms with Gasteiger partial charge >= 0.3 is 0 Å². The molecule has 0 spiro atoms. The van der Waals surface area contributed by atoms with Gasteiger partial charge in [-0.05, 0) is 61.1 Å². The maximum Gasteiger partial charge on any atom is 0.279 e. The van der Waals surface area contributed by atoms with Gasteiger partial charge < -0.3 is 19.5 Å². The van der Waals surface area contributed by atoms with Gasteiger partial charge in [-0.15, -0.1) is 0 Å². The van der Waals surface area contributed by atoms with Gasteiger partial charge in [-0.2, -0.15) is 5.26 Å². The van der Waals surface area contributed by atoms with Crippen LogP contribution in [0.4, 0.5) is 0 Å². The highest BCUT2D eigenvalue weighted by Gasteiger charge is 2.15. The highest BCUT2D eigenvalue weighted by atomic mass is 32.1. The molecule has 1 amide bonds. The Morgan fingerprint density at radius 2 is 1.96 bits per heavy atom. The lowest BCUT2D eigenvalue weighted by Gasteiger charge is -2.16. The Morgan fingerprint density at radius 1 is 1.21 bits per heavy atom. The van der Waals surface area contributed by atoms with Crippen molar-refractivity contribution in [3.05, 3.63) is 53.6 Å². The topological polar surface area (TPSA) is 105 Å². The number of thiocarbonyl (C=S) groups is 1. The quantitative estimate of drug-likeness (QED) is 0.517. The fourth-order valence-electron chi connectivity index (χ4n) is 2.36. The average molecular weight is 398 g/mol. The highest BCUT2D eigenvalue weighted by molar-refractivity contribution is 7.80. The van der Waals surface area contributed by atoms with Crippen LogP contribution >= 0.6 is 12.2 Å². The fraction of sp³-hybridized carbons (Fsp3) is 0.211. The molecule has 0 aliphatic carbocycles. The molecule has 2 aromatic rings. The summed E-state index contributed by atoms with van der Waals surface area (Å²) in [7, 11) is 0. The molecule has 1 atom stereocenters. The number of nitriles is 1. The normalized spacial score (nSPS) is 12.4. The maximum atomic E-state index is 12.1. The van der Waals surface area contributed by atoms with Crippen LogP contribution < -0.4 is 30.4 Å². The van der Waals surface area contributed by atoms with Crippen molar-refractivity contribution in [3.8, 4) is 23.3 Å². The summed E-state index contributed by atoms with van der Waals surface area (Å²) in [5, 5.41) is 12.0. The number of ether oxygens (including phenoxy) is 3. The third kappa shape index (κ3) is 5.02. The molecule has 9 heteroatoms. The minimum absolute atomic E-state index is 0.223. The molecule has 0 aromatic heterocycles. The molecule has 2 aromatic carbocycles. The number of nitrogens with one attached hydrogen (secondary N) is 3. The zero-order valence-corrected chi connectivity index (χ0v) is 15.8. The Labute approximate surface area is 167 Å². The maximum absolute atomic E-state index is 12.1. The van der Waals surface area contributed by atoms with E-state index >= 15 is 0 Å². The standard InChI is InChI=1S/C19H18N4O4S/c1-12(27-15-5-2-13(9-20)3-6-15)18(24)22-23-19(28)21-10-14-4-7-16-17(8-14)26-11-25-16/h2-8,12H,10-11H2,1H3,(H,22,24)(H2,21,23,28)/t12-/m0/s1. The summed E-state index contributed by atoms with van der Waals surface area (Å²) in [4.78, 5) is 12.1. The predicted molar refractivity (Wildman–Crippen MR) is 105 cm³/mol. The van der Waals surface area contributed by atoms with E-state index in [0.717, 1.165) is 5.56 Å². The molecular formula is C19H18N4O4S. The van der Waals surface area contributed by atoms with E-state index in [9.17, 15) is 4.79 Å². The smallest absolute Gasteiger partial charge is 0.279 e. The van der Waals surface area contributed by atoms with E-state index in [2.05, 4.69) is 16.2 Å². The molecule has 0 unspecified atom stereocenters. The number of amides is 1. The van der Waals surface area contributed by atoms with Crippen molar-refractivity contribution in [1.29, 1.82) is 5.26 Å². The van der Waals surface area contributed by atoms with E-state index in [1.165, 1.54) is 0 Å². The lowest BCUT2D eigenvalue weighted by Crippen LogP contribution is -2.50. The lowest BCUT2D eigenvalue weighted by molar-refractivity contribution is -0.127. The Hall–Kier alpha value is -3.51. The molecule has 1 aliphatic heterocycles. The summed E-state index contributed by atoms with van der Waals surface area (Å²) < 4.78 is 16.1. The Morgan fingerprint density at radius 3 is 2.71 bits per heavy atom. The van der Waals surface area contributed by atoms with Crippen molar-refractivity contribution in [2.24, 2.45) is 0 Å². The number of carbonyl (C=O) groups is 1. The second kappa shape index (κ2) is 8.92. The van der Waals surface area contributed by atoms with Gasteiger partial charge in [0, 0.05) is 6.54 Å². The molecule has 144 valence electrons. The molecule has 3 N–H and O–H groups in total. The lowest BCUT2D eigenvalue weighted by atomic mass is 10.2. The molecule has 0 bridgehead atoms. The number of rotatable bonds is 5. The molecule has 0 saturated carbocycles. The summed E-state index contributed by atoms with van der Waals surface area (Å²) >= 11 is 5.15. The summed E-state index contributed by atoms with van der Waals surface area (Å²) in [6, 6.07) is 14.1. The molecule has 0 saturated heterocycles. The minimum Gasteiger partial charge on any atom is -0.481 e. The first-order valence-corrected chi connectivity index (χ1v) is 8.85. The number of benzene rings is 2. The zero-order chi connectivity index (χ0) is 19.9. The number of hydrogen-bond donors (Lipinski definition) is 3. The van der Waals surface area contributed by atoms with Crippen molar-refractivity contribution in [3.63, 3.8) is 0 Å². The average Bonchev–Trinajstić information content (AvgIpc) is 3.18. The van der Waals surface area contributed by atoms with Crippen LogP contribution in [0, 0.1) is 11.3 Å². The van der Waals surface area contributed by atoms with Crippen molar-refractivity contribution < 1.29 is 19.0 Å². The Kier molecular flexibility index (Phi) is 6.14. The zero-order valence-electron chi connectivity index (χ0n) is 15.0. The van der Waals surface area contributed by atoms with Gasteiger partial charge in [0.1, 0.15) is 5.75 Å². The number of carbonyl (C=O) groups excluding carboxylic acids is 1. The SMILES string of the molecule is C[C@H](Oc1ccc(C#N)cc1)C(=O)NNC(=S)NCc1ccc2c(c1)OCO2. The van der Waals surface area contributed by atoms with Gasteiger partial charge in [0.25, 0.3) is 5.91 Å². The van der Waals surface area contributed by atoms with Gasteiger partial charge in [0.05, 0.1) is 11.6 Å². The van der Waals surface area contributed by atoms with Crippen molar-refractivity contribution in [2.75, 3.05) is 6.79 Å². The van der Waals surface area contributed by atoms with Gasteiger partial charge in [-0.25, -0.2) is 0 Å². The highest BCUT2D eigenvalue weighted by Crippen LogP contribution is 2.32. The van der Waals surface area contributed by atoms with Crippen LogP contribution in [-0.2, 0) is 11.3 Å². The largest absolute Gasteiger partial charge is 0.481 e. The minimum atomic E-state index is -0.753. The summed E-state index contributed by atoms with van der Waals surface area (Å²) in [5.74, 6) is 1.51. The third-order valence-corrected chi connectivity index (χ3v) is 4.10. The molecule has 0 fully saturated rings. The second-order valence-corrected chi connectivity index (χ2v) is 6.29. The first-order chi connectivity index (χ1) is 13.5. The van der Waals surface area contributed by atoms with Gasteiger partial charge in [0.15, 0.2) is 22.7 Å². The summed E-state index contributed by atoms with van der Waals surface area (Å²) in [6.07, 6.45) is -0.753. The van der Waals surface area contributed by atoms with Gasteiger partial charge in [0.2, 0.25) is 6.79 Å². The van der Waals surface area contributed by atoms with Crippen molar-refractivity contribution in [1.82, 2.24) is 16.2 Å². The summed E-state index contributed by atoms with van der Waals surface area (Å²) in [5.41, 5.74) is 6.59. The van der Waals surface area contributed by atoms with Crippen molar-refractivity contribution >= 4 is 23.2 Å². The first-order valence-electron chi connectivity index (χ1n) is 8.44. The van der Waals surface area contributed by atoms with E-state index in [4.69, 9.17) is 31.7 Å². The molecule has 1 aliphatic rings. The molecule has 3 rings (SSSR count). The number of hydrogen-bond acceptors (Lipinski definition) is 6. The Bertz CT molecular complexity index is 911. The fourth-order valence-corrected chi connectivity index (χ4v) is 2.49. The van der Waals surface area contributed by atoms with E-state index in [0.29, 0.717) is 29.4 Å². The van der Waals surface area contributed by atoms with Crippen LogP contribution in [0.25, 0.3) is 0 Å². The van der Waals surface area contributed by atoms with E-state index in [1.807, 2.05) is 24.3 Å². The number of fused-ring (bicyclic) bond motifs is 1. The second-order valence-electron chi connectivity index (χ2n) is 5.88. The van der Waals surface area contributed by atoms with Crippen LogP contribution in [0.3, 0.4) is 0 Å². The molecule has 0 radical (unpaired) electrons. The van der Waals surface area contributed by atoms with Crippen molar-refractivity contribution in [2.45, 2.75) is 19.6 Å². The predicted octanol–water partition coefficient (Wildman–Crippen LogP) is 1.75. The van der Waals surface area contributed by atoms with Crippen LogP contribution in [0.15, 0.2) is 42.5 Å². The Balaban J connectivity index is 1.40. The van der Waals surface area contributed by atoms with Crippen LogP contribution in [0.1, 0.15) is 18.1 Å². The van der Waals surface area contributed by atoms with Gasteiger partial charge in [-0.3, -0.25) is 15.6 Å². The number of hydrazine groups is 1. The first kappa shape index (κ1) is 19.3. The van der Waals surface area contributed by atoms with Gasteiger partial charge in [-0.1, -0.05) is 6.07 Å². The number of nitrogens with zero attached hydrogens (tertiary/aromatic N) is 1. The van der Waals surface area contributed by atoms with Crippen LogP contribution in [-0.4, -0.2) is 23.9 Å². The summed E-state index contributed by atoms with van der Waals surface area (Å²) in [6.45, 7) is 2.29. The molecular weight excluding hydrogens is 380 g/mol.